The summed E-state index contributed by atoms with van der Waals surface area (Å²) in [7, 11) is 0. The molecule has 3 rings (SSSR count). The Hall–Kier alpha value is -1.55. The van der Waals surface area contributed by atoms with Gasteiger partial charge in [0.05, 0.1) is 6.10 Å². The summed E-state index contributed by atoms with van der Waals surface area (Å²) in [4.78, 5) is 0. The van der Waals surface area contributed by atoms with E-state index in [1.807, 2.05) is 36.4 Å². The monoisotopic (exact) mass is 345 g/mol. The van der Waals surface area contributed by atoms with Gasteiger partial charge in [-0.2, -0.15) is 0 Å². The summed E-state index contributed by atoms with van der Waals surface area (Å²) in [5.74, 6) is 0.797. The van der Waals surface area contributed by atoms with Crippen molar-refractivity contribution in [1.82, 2.24) is 5.32 Å². The zero-order valence-corrected chi connectivity index (χ0v) is 14.4. The van der Waals surface area contributed by atoms with E-state index in [4.69, 9.17) is 11.6 Å². The molecule has 1 saturated carbocycles. The van der Waals surface area contributed by atoms with Crippen LogP contribution in [-0.4, -0.2) is 22.8 Å². The Kier molecular flexibility index (Phi) is 5.77. The van der Waals surface area contributed by atoms with Crippen LogP contribution in [-0.2, 0) is 0 Å². The van der Waals surface area contributed by atoms with Crippen molar-refractivity contribution in [2.24, 2.45) is 0 Å². The minimum atomic E-state index is -0.551. The normalized spacial score (nSPS) is 22.2. The predicted molar refractivity (Wildman–Crippen MR) is 97.5 cm³/mol. The molecule has 1 aliphatic rings. The molecule has 1 aliphatic carbocycles. The molecule has 0 bridgehead atoms. The summed E-state index contributed by atoms with van der Waals surface area (Å²) < 4.78 is 0. The lowest BCUT2D eigenvalue weighted by atomic mass is 9.81. The fourth-order valence-electron chi connectivity index (χ4n) is 3.57. The molecule has 0 spiro atoms. The van der Waals surface area contributed by atoms with Crippen LogP contribution in [0.1, 0.15) is 48.8 Å². The number of aliphatic hydroxyl groups excluding tert-OH is 1. The summed E-state index contributed by atoms with van der Waals surface area (Å²) in [5, 5.41) is 24.2. The number of hydrogen-bond donors (Lipinski definition) is 3. The fourth-order valence-corrected chi connectivity index (χ4v) is 3.77. The Morgan fingerprint density at radius 2 is 1.96 bits per heavy atom. The molecule has 0 saturated heterocycles. The molecule has 3 atom stereocenters. The maximum Gasteiger partial charge on any atom is 0.115 e. The molecule has 4 heteroatoms. The van der Waals surface area contributed by atoms with E-state index in [2.05, 4.69) is 11.4 Å². The standard InChI is InChI=1S/C20H24ClNO2/c21-17-7-1-6-16(10-17)20(24)13-22-18-8-2-4-14(11-18)15-5-3-9-19(23)12-15/h1,3,5-7,9-10,12,14,18,20,22-24H,2,4,8,11,13H2/t14?,18?,20-/m0/s1. The van der Waals surface area contributed by atoms with Crippen LogP contribution in [0.2, 0.25) is 5.02 Å². The van der Waals surface area contributed by atoms with Crippen LogP contribution >= 0.6 is 11.6 Å². The lowest BCUT2D eigenvalue weighted by Crippen LogP contribution is -2.36. The van der Waals surface area contributed by atoms with Crippen molar-refractivity contribution in [3.63, 3.8) is 0 Å². The maximum absolute atomic E-state index is 10.3. The molecule has 2 aromatic carbocycles. The Morgan fingerprint density at radius 3 is 2.75 bits per heavy atom. The quantitative estimate of drug-likeness (QED) is 0.753. The first-order valence-corrected chi connectivity index (χ1v) is 8.95. The molecule has 3 nitrogen and oxygen atoms in total. The van der Waals surface area contributed by atoms with E-state index in [0.717, 1.165) is 31.2 Å². The van der Waals surface area contributed by atoms with Crippen LogP contribution < -0.4 is 5.32 Å². The van der Waals surface area contributed by atoms with Crippen LogP contribution in [0.25, 0.3) is 0 Å². The average Bonchev–Trinajstić information content (AvgIpc) is 2.60. The molecule has 0 amide bonds. The van der Waals surface area contributed by atoms with E-state index in [0.29, 0.717) is 29.3 Å². The van der Waals surface area contributed by atoms with Gasteiger partial charge in [0, 0.05) is 17.6 Å². The smallest absolute Gasteiger partial charge is 0.115 e. The topological polar surface area (TPSA) is 52.5 Å². The van der Waals surface area contributed by atoms with E-state index in [1.165, 1.54) is 5.56 Å². The highest BCUT2D eigenvalue weighted by Crippen LogP contribution is 2.34. The number of halogens is 1. The summed E-state index contributed by atoms with van der Waals surface area (Å²) in [5.41, 5.74) is 2.05. The Labute approximate surface area is 148 Å². The van der Waals surface area contributed by atoms with E-state index < -0.39 is 6.10 Å². The van der Waals surface area contributed by atoms with Gasteiger partial charge < -0.3 is 15.5 Å². The minimum Gasteiger partial charge on any atom is -0.508 e. The highest BCUT2D eigenvalue weighted by Gasteiger charge is 2.23. The Bertz CT molecular complexity index is 676. The van der Waals surface area contributed by atoms with E-state index >= 15 is 0 Å². The van der Waals surface area contributed by atoms with Crippen LogP contribution in [0.4, 0.5) is 0 Å². The van der Waals surface area contributed by atoms with Gasteiger partial charge in [-0.15, -0.1) is 0 Å². The van der Waals surface area contributed by atoms with Crippen molar-refractivity contribution in [2.45, 2.75) is 43.7 Å². The SMILES string of the molecule is Oc1cccc(C2CCCC(NC[C@H](O)c3cccc(Cl)c3)C2)c1. The van der Waals surface area contributed by atoms with Crippen molar-refractivity contribution in [2.75, 3.05) is 6.54 Å². The maximum atomic E-state index is 10.3. The van der Waals surface area contributed by atoms with Gasteiger partial charge in [0.2, 0.25) is 0 Å². The van der Waals surface area contributed by atoms with Gasteiger partial charge in [0.25, 0.3) is 0 Å². The van der Waals surface area contributed by atoms with Gasteiger partial charge in [-0.05, 0) is 60.6 Å². The first-order chi connectivity index (χ1) is 11.6. The zero-order chi connectivity index (χ0) is 16.9. The third-order valence-electron chi connectivity index (χ3n) is 4.85. The zero-order valence-electron chi connectivity index (χ0n) is 13.7. The van der Waals surface area contributed by atoms with E-state index in [-0.39, 0.29) is 0 Å². The van der Waals surface area contributed by atoms with Gasteiger partial charge in [0.15, 0.2) is 0 Å². The summed E-state index contributed by atoms with van der Waals surface area (Å²) >= 11 is 5.99. The number of benzene rings is 2. The molecule has 0 aliphatic heterocycles. The van der Waals surface area contributed by atoms with Gasteiger partial charge in [-0.25, -0.2) is 0 Å². The molecular formula is C20H24ClNO2. The third-order valence-corrected chi connectivity index (χ3v) is 5.08. The number of hydrogen-bond acceptors (Lipinski definition) is 3. The second-order valence-electron chi connectivity index (χ2n) is 6.63. The summed E-state index contributed by atoms with van der Waals surface area (Å²) in [6.07, 6.45) is 3.91. The molecule has 0 heterocycles. The lowest BCUT2D eigenvalue weighted by Gasteiger charge is -2.31. The molecule has 2 unspecified atom stereocenters. The van der Waals surface area contributed by atoms with Crippen molar-refractivity contribution in [1.29, 1.82) is 0 Å². The van der Waals surface area contributed by atoms with Gasteiger partial charge >= 0.3 is 0 Å². The second-order valence-corrected chi connectivity index (χ2v) is 7.07. The Morgan fingerprint density at radius 1 is 1.12 bits per heavy atom. The number of aromatic hydroxyl groups is 1. The van der Waals surface area contributed by atoms with Crippen LogP contribution in [0.5, 0.6) is 5.75 Å². The third kappa shape index (κ3) is 4.50. The molecule has 128 valence electrons. The highest BCUT2D eigenvalue weighted by atomic mass is 35.5. The van der Waals surface area contributed by atoms with Crippen LogP contribution in [0.3, 0.4) is 0 Å². The van der Waals surface area contributed by atoms with Gasteiger partial charge in [-0.1, -0.05) is 42.3 Å². The van der Waals surface area contributed by atoms with Gasteiger partial charge in [0.1, 0.15) is 5.75 Å². The molecule has 1 fully saturated rings. The molecule has 2 aromatic rings. The number of nitrogens with one attached hydrogen (secondary N) is 1. The number of rotatable bonds is 5. The molecule has 0 radical (unpaired) electrons. The van der Waals surface area contributed by atoms with Crippen molar-refractivity contribution < 1.29 is 10.2 Å². The van der Waals surface area contributed by atoms with Crippen molar-refractivity contribution in [3.8, 4) is 5.75 Å². The van der Waals surface area contributed by atoms with E-state index in [9.17, 15) is 10.2 Å². The molecule has 3 N–H and O–H groups in total. The number of aliphatic hydroxyl groups is 1. The minimum absolute atomic E-state index is 0.332. The summed E-state index contributed by atoms with van der Waals surface area (Å²) in [6, 6.07) is 15.3. The summed E-state index contributed by atoms with van der Waals surface area (Å²) in [6.45, 7) is 0.526. The highest BCUT2D eigenvalue weighted by molar-refractivity contribution is 6.30. The van der Waals surface area contributed by atoms with Gasteiger partial charge in [-0.3, -0.25) is 0 Å². The molecular weight excluding hydrogens is 322 g/mol. The van der Waals surface area contributed by atoms with Crippen LogP contribution in [0.15, 0.2) is 48.5 Å². The lowest BCUT2D eigenvalue weighted by molar-refractivity contribution is 0.164. The van der Waals surface area contributed by atoms with Crippen molar-refractivity contribution >= 4 is 11.6 Å². The predicted octanol–water partition coefficient (Wildman–Crippen LogP) is 4.40. The van der Waals surface area contributed by atoms with E-state index in [1.54, 1.807) is 6.07 Å². The first-order valence-electron chi connectivity index (χ1n) is 8.57. The first kappa shape index (κ1) is 17.3. The molecule has 24 heavy (non-hydrogen) atoms. The average molecular weight is 346 g/mol. The van der Waals surface area contributed by atoms with Crippen LogP contribution in [0, 0.1) is 0 Å². The number of phenols is 1. The number of phenolic OH excluding ortho intramolecular Hbond substituents is 1. The largest absolute Gasteiger partial charge is 0.508 e. The fraction of sp³-hybridized carbons (Fsp3) is 0.400. The second kappa shape index (κ2) is 8.02. The molecule has 0 aromatic heterocycles. The van der Waals surface area contributed by atoms with Crippen molar-refractivity contribution in [3.05, 3.63) is 64.7 Å². The Balaban J connectivity index is 1.56.